The summed E-state index contributed by atoms with van der Waals surface area (Å²) in [5, 5.41) is 9.59. The van der Waals surface area contributed by atoms with E-state index in [1.807, 2.05) is 0 Å². The minimum absolute atomic E-state index is 0.116. The third kappa shape index (κ3) is 2.79. The Kier molecular flexibility index (Phi) is 4.29. The van der Waals surface area contributed by atoms with Crippen molar-refractivity contribution in [2.45, 2.75) is 6.61 Å². The van der Waals surface area contributed by atoms with Crippen LogP contribution in [-0.4, -0.2) is 18.8 Å². The number of halogens is 1. The SMILES string of the molecule is C#CCOc1c(CO)cc(Cl)cc1OC. The second-order valence-corrected chi connectivity index (χ2v) is 3.18. The predicted molar refractivity (Wildman–Crippen MR) is 58.3 cm³/mol. The molecule has 0 unspecified atom stereocenters. The summed E-state index contributed by atoms with van der Waals surface area (Å²) >= 11 is 5.83. The van der Waals surface area contributed by atoms with Crippen molar-refractivity contribution in [1.82, 2.24) is 0 Å². The van der Waals surface area contributed by atoms with E-state index in [0.29, 0.717) is 22.1 Å². The van der Waals surface area contributed by atoms with E-state index < -0.39 is 0 Å². The lowest BCUT2D eigenvalue weighted by molar-refractivity contribution is 0.265. The molecule has 0 atom stereocenters. The van der Waals surface area contributed by atoms with Gasteiger partial charge in [0, 0.05) is 16.7 Å². The van der Waals surface area contributed by atoms with Gasteiger partial charge in [-0.3, -0.25) is 0 Å². The second-order valence-electron chi connectivity index (χ2n) is 2.75. The number of ether oxygens (including phenoxy) is 2. The molecule has 0 aliphatic rings. The van der Waals surface area contributed by atoms with Gasteiger partial charge in [0.25, 0.3) is 0 Å². The van der Waals surface area contributed by atoms with Gasteiger partial charge in [0.15, 0.2) is 11.5 Å². The van der Waals surface area contributed by atoms with Gasteiger partial charge in [-0.1, -0.05) is 17.5 Å². The Morgan fingerprint density at radius 1 is 1.53 bits per heavy atom. The highest BCUT2D eigenvalue weighted by Gasteiger charge is 2.11. The van der Waals surface area contributed by atoms with E-state index >= 15 is 0 Å². The van der Waals surface area contributed by atoms with E-state index in [1.165, 1.54) is 7.11 Å². The first-order valence-electron chi connectivity index (χ1n) is 4.26. The zero-order valence-electron chi connectivity index (χ0n) is 8.29. The Bertz CT molecular complexity index is 357. The van der Waals surface area contributed by atoms with Crippen LogP contribution < -0.4 is 9.47 Å². The molecule has 1 N–H and O–H groups in total. The van der Waals surface area contributed by atoms with Crippen molar-refractivity contribution in [3.63, 3.8) is 0 Å². The number of aliphatic hydroxyl groups is 1. The molecule has 0 spiro atoms. The zero-order chi connectivity index (χ0) is 11.3. The van der Waals surface area contributed by atoms with Crippen molar-refractivity contribution >= 4 is 11.6 Å². The van der Waals surface area contributed by atoms with Gasteiger partial charge in [-0.15, -0.1) is 6.42 Å². The first kappa shape index (κ1) is 11.7. The van der Waals surface area contributed by atoms with Gasteiger partial charge in [-0.05, 0) is 6.07 Å². The molecule has 0 heterocycles. The average molecular weight is 227 g/mol. The largest absolute Gasteiger partial charge is 0.493 e. The van der Waals surface area contributed by atoms with Crippen LogP contribution in [0.4, 0.5) is 0 Å². The van der Waals surface area contributed by atoms with E-state index in [4.69, 9.17) is 32.6 Å². The van der Waals surface area contributed by atoms with Gasteiger partial charge >= 0.3 is 0 Å². The molecule has 4 heteroatoms. The predicted octanol–water partition coefficient (Wildman–Crippen LogP) is 1.85. The smallest absolute Gasteiger partial charge is 0.168 e. The summed E-state index contributed by atoms with van der Waals surface area (Å²) in [6.07, 6.45) is 5.08. The molecular weight excluding hydrogens is 216 g/mol. The lowest BCUT2D eigenvalue weighted by Crippen LogP contribution is -2.01. The van der Waals surface area contributed by atoms with E-state index in [-0.39, 0.29) is 13.2 Å². The van der Waals surface area contributed by atoms with Crippen molar-refractivity contribution in [2.75, 3.05) is 13.7 Å². The minimum Gasteiger partial charge on any atom is -0.493 e. The molecule has 1 aromatic rings. The molecule has 0 saturated carbocycles. The van der Waals surface area contributed by atoms with Crippen LogP contribution in [0.25, 0.3) is 0 Å². The molecule has 1 rings (SSSR count). The lowest BCUT2D eigenvalue weighted by atomic mass is 10.2. The standard InChI is InChI=1S/C11H11ClO3/c1-3-4-15-11-8(7-13)5-9(12)6-10(11)14-2/h1,5-6,13H,4,7H2,2H3. The molecule has 1 aromatic carbocycles. The maximum Gasteiger partial charge on any atom is 0.168 e. The second kappa shape index (κ2) is 5.50. The molecule has 0 saturated heterocycles. The molecule has 0 aromatic heterocycles. The van der Waals surface area contributed by atoms with Crippen molar-refractivity contribution in [2.24, 2.45) is 0 Å². The van der Waals surface area contributed by atoms with Gasteiger partial charge in [0.05, 0.1) is 13.7 Å². The average Bonchev–Trinajstić information content (AvgIpc) is 2.26. The lowest BCUT2D eigenvalue weighted by Gasteiger charge is -2.12. The van der Waals surface area contributed by atoms with E-state index in [1.54, 1.807) is 12.1 Å². The Labute approximate surface area is 93.6 Å². The fourth-order valence-electron chi connectivity index (χ4n) is 1.17. The number of terminal acetylenes is 1. The van der Waals surface area contributed by atoms with Crippen LogP contribution in [-0.2, 0) is 6.61 Å². The molecule has 0 aliphatic carbocycles. The zero-order valence-corrected chi connectivity index (χ0v) is 9.04. The van der Waals surface area contributed by atoms with Crippen LogP contribution in [0.3, 0.4) is 0 Å². The number of methoxy groups -OCH3 is 1. The Balaban J connectivity index is 3.13. The fourth-order valence-corrected chi connectivity index (χ4v) is 1.40. The highest BCUT2D eigenvalue weighted by Crippen LogP contribution is 2.34. The molecule has 80 valence electrons. The highest BCUT2D eigenvalue weighted by atomic mass is 35.5. The summed E-state index contributed by atoms with van der Waals surface area (Å²) in [5.74, 6) is 3.23. The van der Waals surface area contributed by atoms with Crippen LogP contribution in [0.1, 0.15) is 5.56 Å². The quantitative estimate of drug-likeness (QED) is 0.797. The molecule has 0 radical (unpaired) electrons. The number of hydrogen-bond acceptors (Lipinski definition) is 3. The highest BCUT2D eigenvalue weighted by molar-refractivity contribution is 6.30. The van der Waals surface area contributed by atoms with E-state index in [2.05, 4.69) is 5.92 Å². The van der Waals surface area contributed by atoms with E-state index in [0.717, 1.165) is 0 Å². The van der Waals surface area contributed by atoms with E-state index in [9.17, 15) is 0 Å². The van der Waals surface area contributed by atoms with Gasteiger partial charge in [0.2, 0.25) is 0 Å². The first-order chi connectivity index (χ1) is 7.22. The third-order valence-electron chi connectivity index (χ3n) is 1.79. The number of hydrogen-bond donors (Lipinski definition) is 1. The minimum atomic E-state index is -0.184. The molecule has 15 heavy (non-hydrogen) atoms. The normalized spacial score (nSPS) is 9.47. The van der Waals surface area contributed by atoms with Gasteiger partial charge in [-0.25, -0.2) is 0 Å². The van der Waals surface area contributed by atoms with Crippen LogP contribution in [0.15, 0.2) is 12.1 Å². The summed E-state index contributed by atoms with van der Waals surface area (Å²) in [4.78, 5) is 0. The van der Waals surface area contributed by atoms with Crippen LogP contribution in [0.2, 0.25) is 5.02 Å². The molecular formula is C11H11ClO3. The maximum atomic E-state index is 9.12. The summed E-state index contributed by atoms with van der Waals surface area (Å²) < 4.78 is 10.4. The fraction of sp³-hybridized carbons (Fsp3) is 0.273. The summed E-state index contributed by atoms with van der Waals surface area (Å²) in [7, 11) is 1.50. The first-order valence-corrected chi connectivity index (χ1v) is 4.64. The van der Waals surface area contributed by atoms with Gasteiger partial charge in [-0.2, -0.15) is 0 Å². The van der Waals surface area contributed by atoms with Crippen LogP contribution in [0.5, 0.6) is 11.5 Å². The Morgan fingerprint density at radius 3 is 2.80 bits per heavy atom. The van der Waals surface area contributed by atoms with Crippen molar-refractivity contribution in [3.8, 4) is 23.8 Å². The number of rotatable bonds is 4. The Hall–Kier alpha value is -1.37. The van der Waals surface area contributed by atoms with Crippen LogP contribution >= 0.6 is 11.6 Å². The molecule has 0 bridgehead atoms. The third-order valence-corrected chi connectivity index (χ3v) is 2.00. The Morgan fingerprint density at radius 2 is 2.27 bits per heavy atom. The summed E-state index contributed by atoms with van der Waals surface area (Å²) in [5.41, 5.74) is 0.551. The number of benzene rings is 1. The molecule has 0 amide bonds. The van der Waals surface area contributed by atoms with Gasteiger partial charge in [0.1, 0.15) is 6.61 Å². The molecule has 0 fully saturated rings. The van der Waals surface area contributed by atoms with Gasteiger partial charge < -0.3 is 14.6 Å². The van der Waals surface area contributed by atoms with Crippen molar-refractivity contribution in [3.05, 3.63) is 22.7 Å². The summed E-state index contributed by atoms with van der Waals surface area (Å²) in [6.45, 7) is -0.0676. The maximum absolute atomic E-state index is 9.12. The molecule has 0 aliphatic heterocycles. The topological polar surface area (TPSA) is 38.7 Å². The van der Waals surface area contributed by atoms with Crippen molar-refractivity contribution < 1.29 is 14.6 Å². The van der Waals surface area contributed by atoms with Crippen molar-refractivity contribution in [1.29, 1.82) is 0 Å². The monoisotopic (exact) mass is 226 g/mol. The number of aliphatic hydroxyl groups excluding tert-OH is 1. The summed E-state index contributed by atoms with van der Waals surface area (Å²) in [6, 6.07) is 3.21. The molecule has 3 nitrogen and oxygen atoms in total. The van der Waals surface area contributed by atoms with Crippen LogP contribution in [0, 0.1) is 12.3 Å².